The molecule has 2 bridgehead atoms. The van der Waals surface area contributed by atoms with E-state index in [0.717, 1.165) is 24.7 Å². The fourth-order valence-corrected chi connectivity index (χ4v) is 5.37. The van der Waals surface area contributed by atoms with Crippen LogP contribution in [0.4, 0.5) is 9.93 Å². The first-order valence-electron chi connectivity index (χ1n) is 8.99. The molecule has 0 aromatic carbocycles. The highest BCUT2D eigenvalue weighted by Gasteiger charge is 2.41. The molecule has 0 radical (unpaired) electrons. The van der Waals surface area contributed by atoms with Crippen molar-refractivity contribution < 1.29 is 4.79 Å². The third-order valence-electron chi connectivity index (χ3n) is 6.28. The molecular formula is C18H24N4OS. The number of piperidine rings is 1. The normalized spacial score (nSPS) is 31.0. The van der Waals surface area contributed by atoms with Crippen LogP contribution in [0.15, 0.2) is 5.38 Å². The second-order valence-electron chi connectivity index (χ2n) is 7.95. The lowest BCUT2D eigenvalue weighted by atomic mass is 9.82. The Bertz CT molecular complexity index is 671. The summed E-state index contributed by atoms with van der Waals surface area (Å²) in [5.74, 6) is 2.32. The summed E-state index contributed by atoms with van der Waals surface area (Å²) in [7, 11) is 0. The predicted octanol–water partition coefficient (Wildman–Crippen LogP) is 4.20. The topological polar surface area (TPSA) is 69.0 Å². The van der Waals surface area contributed by atoms with Crippen molar-refractivity contribution in [2.75, 3.05) is 18.4 Å². The quantitative estimate of drug-likeness (QED) is 0.874. The number of nitriles is 1. The first-order valence-corrected chi connectivity index (χ1v) is 9.87. The molecule has 1 aromatic heterocycles. The van der Waals surface area contributed by atoms with Gasteiger partial charge >= 0.3 is 6.03 Å². The molecule has 3 aliphatic rings. The third-order valence-corrected chi connectivity index (χ3v) is 7.05. The number of thiazole rings is 1. The summed E-state index contributed by atoms with van der Waals surface area (Å²) in [5, 5.41) is 15.0. The monoisotopic (exact) mass is 344 g/mol. The minimum atomic E-state index is -0.285. The van der Waals surface area contributed by atoms with Gasteiger partial charge in [-0.05, 0) is 50.9 Å². The number of hydrogen-bond donors (Lipinski definition) is 1. The van der Waals surface area contributed by atoms with Gasteiger partial charge in [-0.2, -0.15) is 5.26 Å². The molecule has 2 aliphatic carbocycles. The molecule has 0 unspecified atom stereocenters. The van der Waals surface area contributed by atoms with Crippen LogP contribution in [-0.4, -0.2) is 29.0 Å². The molecule has 6 heteroatoms. The minimum absolute atomic E-state index is 0.0798. The van der Waals surface area contributed by atoms with Gasteiger partial charge in [0.25, 0.3) is 0 Å². The summed E-state index contributed by atoms with van der Waals surface area (Å²) >= 11 is 1.54. The number of carbonyl (C=O) groups excluding carboxylic acids is 1. The van der Waals surface area contributed by atoms with Gasteiger partial charge in [-0.1, -0.05) is 6.42 Å². The number of likely N-dealkylation sites (tertiary alicyclic amines) is 1. The Balaban J connectivity index is 1.35. The number of aromatic nitrogens is 1. The van der Waals surface area contributed by atoms with Crippen LogP contribution < -0.4 is 5.32 Å². The maximum atomic E-state index is 12.4. The molecule has 1 aliphatic heterocycles. The van der Waals surface area contributed by atoms with Crippen molar-refractivity contribution in [3.63, 3.8) is 0 Å². The molecule has 24 heavy (non-hydrogen) atoms. The summed E-state index contributed by atoms with van der Waals surface area (Å²) in [6.45, 7) is 3.26. The smallest absolute Gasteiger partial charge is 0.323 e. The van der Waals surface area contributed by atoms with Gasteiger partial charge in [-0.3, -0.25) is 5.32 Å². The number of hydrogen-bond acceptors (Lipinski definition) is 4. The molecule has 0 spiro atoms. The summed E-state index contributed by atoms with van der Waals surface area (Å²) < 4.78 is 0. The van der Waals surface area contributed by atoms with Crippen LogP contribution >= 0.6 is 11.3 Å². The van der Waals surface area contributed by atoms with Crippen molar-refractivity contribution in [1.29, 1.82) is 5.26 Å². The van der Waals surface area contributed by atoms with Crippen molar-refractivity contribution in [3.8, 4) is 6.07 Å². The molecule has 3 fully saturated rings. The Labute approximate surface area is 147 Å². The third kappa shape index (κ3) is 2.90. The molecular weight excluding hydrogens is 320 g/mol. The average molecular weight is 344 g/mol. The Morgan fingerprint density at radius 3 is 2.83 bits per heavy atom. The van der Waals surface area contributed by atoms with Crippen molar-refractivity contribution in [1.82, 2.24) is 9.88 Å². The van der Waals surface area contributed by atoms with Gasteiger partial charge in [-0.15, -0.1) is 11.3 Å². The standard InChI is InChI=1S/C18H24N4OS/c1-18(11-19)4-6-22(7-5-18)17(23)21-16-20-15(10-24-16)14-9-12-2-3-13(14)8-12/h10,12-14H,2-9H2,1H3,(H,20,21,23)/t12-,13-,14-/m0/s1. The highest BCUT2D eigenvalue weighted by Crippen LogP contribution is 2.53. The number of fused-ring (bicyclic) bond motifs is 2. The lowest BCUT2D eigenvalue weighted by molar-refractivity contribution is 0.166. The van der Waals surface area contributed by atoms with Crippen LogP contribution in [0.25, 0.3) is 0 Å². The number of anilines is 1. The molecule has 128 valence electrons. The Hall–Kier alpha value is -1.61. The zero-order valence-electron chi connectivity index (χ0n) is 14.1. The average Bonchev–Trinajstić information content (AvgIpc) is 3.31. The lowest BCUT2D eigenvalue weighted by Crippen LogP contribution is -2.43. The van der Waals surface area contributed by atoms with Crippen molar-refractivity contribution >= 4 is 22.5 Å². The van der Waals surface area contributed by atoms with Gasteiger partial charge in [0.15, 0.2) is 5.13 Å². The van der Waals surface area contributed by atoms with E-state index in [0.29, 0.717) is 24.1 Å². The summed E-state index contributed by atoms with van der Waals surface area (Å²) in [5.41, 5.74) is 0.894. The van der Waals surface area contributed by atoms with Gasteiger partial charge < -0.3 is 4.90 Å². The Kier molecular flexibility index (Phi) is 4.00. The maximum Gasteiger partial charge on any atom is 0.323 e. The summed E-state index contributed by atoms with van der Waals surface area (Å²) in [6.07, 6.45) is 6.87. The van der Waals surface area contributed by atoms with Gasteiger partial charge in [0.05, 0.1) is 17.2 Å². The van der Waals surface area contributed by atoms with E-state index >= 15 is 0 Å². The summed E-state index contributed by atoms with van der Waals surface area (Å²) in [4.78, 5) is 18.9. The van der Waals surface area contributed by atoms with Crippen molar-refractivity contribution in [3.05, 3.63) is 11.1 Å². The SMILES string of the molecule is CC1(C#N)CCN(C(=O)Nc2nc([C@H]3C[C@H]4CC[C@H]3C4)cs2)CC1. The van der Waals surface area contributed by atoms with Gasteiger partial charge in [0.1, 0.15) is 0 Å². The Morgan fingerprint density at radius 1 is 1.42 bits per heavy atom. The summed E-state index contributed by atoms with van der Waals surface area (Å²) in [6, 6.07) is 2.29. The van der Waals surface area contributed by atoms with Crippen molar-refractivity contribution in [2.24, 2.45) is 17.3 Å². The van der Waals surface area contributed by atoms with E-state index < -0.39 is 0 Å². The van der Waals surface area contributed by atoms with E-state index in [2.05, 4.69) is 16.8 Å². The fourth-order valence-electron chi connectivity index (χ4n) is 4.61. The van der Waals surface area contributed by atoms with Crippen LogP contribution in [-0.2, 0) is 0 Å². The van der Waals surface area contributed by atoms with E-state index in [1.165, 1.54) is 42.7 Å². The van der Waals surface area contributed by atoms with Gasteiger partial charge in [0.2, 0.25) is 0 Å². The molecule has 1 saturated heterocycles. The molecule has 2 amide bonds. The first-order chi connectivity index (χ1) is 11.6. The zero-order valence-corrected chi connectivity index (χ0v) is 14.9. The van der Waals surface area contributed by atoms with E-state index in [-0.39, 0.29) is 11.4 Å². The minimum Gasteiger partial charge on any atom is -0.324 e. The number of carbonyl (C=O) groups is 1. The first kappa shape index (κ1) is 15.9. The van der Waals surface area contributed by atoms with Gasteiger partial charge in [0, 0.05) is 24.4 Å². The van der Waals surface area contributed by atoms with Crippen molar-refractivity contribution in [2.45, 2.75) is 51.4 Å². The molecule has 4 rings (SSSR count). The maximum absolute atomic E-state index is 12.4. The fraction of sp³-hybridized carbons (Fsp3) is 0.722. The molecule has 1 aromatic rings. The number of nitrogens with zero attached hydrogens (tertiary/aromatic N) is 3. The molecule has 5 nitrogen and oxygen atoms in total. The second kappa shape index (κ2) is 6.03. The van der Waals surface area contributed by atoms with Crippen LogP contribution in [0, 0.1) is 28.6 Å². The molecule has 1 N–H and O–H groups in total. The second-order valence-corrected chi connectivity index (χ2v) is 8.81. The van der Waals surface area contributed by atoms with Gasteiger partial charge in [-0.25, -0.2) is 9.78 Å². The number of nitrogens with one attached hydrogen (secondary N) is 1. The van der Waals surface area contributed by atoms with E-state index in [1.54, 1.807) is 4.90 Å². The van der Waals surface area contributed by atoms with Crippen LogP contribution in [0.2, 0.25) is 0 Å². The number of rotatable bonds is 2. The van der Waals surface area contributed by atoms with E-state index in [9.17, 15) is 10.1 Å². The molecule has 3 atom stereocenters. The number of urea groups is 1. The predicted molar refractivity (Wildman–Crippen MR) is 93.8 cm³/mol. The van der Waals surface area contributed by atoms with Crippen LogP contribution in [0.5, 0.6) is 0 Å². The largest absolute Gasteiger partial charge is 0.324 e. The highest BCUT2D eigenvalue weighted by molar-refractivity contribution is 7.13. The molecule has 2 saturated carbocycles. The highest BCUT2D eigenvalue weighted by atomic mass is 32.1. The lowest BCUT2D eigenvalue weighted by Gasteiger charge is -2.34. The molecule has 2 heterocycles. The Morgan fingerprint density at radius 2 is 2.21 bits per heavy atom. The number of amides is 2. The van der Waals surface area contributed by atoms with Crippen LogP contribution in [0.1, 0.15) is 57.1 Å². The van der Waals surface area contributed by atoms with E-state index in [1.807, 2.05) is 6.92 Å². The van der Waals surface area contributed by atoms with Crippen LogP contribution in [0.3, 0.4) is 0 Å². The van der Waals surface area contributed by atoms with E-state index in [4.69, 9.17) is 4.98 Å². The zero-order chi connectivity index (χ0) is 16.7.